The zero-order valence-electron chi connectivity index (χ0n) is 8.50. The largest absolute Gasteiger partial charge is 0.317 e. The van der Waals surface area contributed by atoms with Crippen molar-refractivity contribution in [3.63, 3.8) is 0 Å². The first-order valence-electron chi connectivity index (χ1n) is 4.68. The summed E-state index contributed by atoms with van der Waals surface area (Å²) >= 11 is 0. The summed E-state index contributed by atoms with van der Waals surface area (Å²) in [4.78, 5) is 5.27. The van der Waals surface area contributed by atoms with Gasteiger partial charge in [0.05, 0.1) is 7.11 Å². The summed E-state index contributed by atoms with van der Waals surface area (Å²) in [6.07, 6.45) is 1.18. The molecule has 72 valence electrons. The summed E-state index contributed by atoms with van der Waals surface area (Å²) < 4.78 is 0. The molecule has 1 aliphatic rings. The van der Waals surface area contributed by atoms with Crippen LogP contribution in [0.3, 0.4) is 0 Å². The Morgan fingerprint density at radius 2 is 2.08 bits per heavy atom. The van der Waals surface area contributed by atoms with Gasteiger partial charge in [0.15, 0.2) is 0 Å². The van der Waals surface area contributed by atoms with Crippen LogP contribution in [-0.2, 0) is 4.84 Å². The molecule has 3 atom stereocenters. The number of nitrogens with one attached hydrogen (secondary N) is 1. The van der Waals surface area contributed by atoms with Crippen molar-refractivity contribution in [2.24, 2.45) is 5.92 Å². The van der Waals surface area contributed by atoms with Crippen LogP contribution in [0, 0.1) is 5.92 Å². The second-order valence-electron chi connectivity index (χ2n) is 3.61. The summed E-state index contributed by atoms with van der Waals surface area (Å²) in [5.74, 6) is 0.656. The first-order chi connectivity index (χ1) is 5.70. The van der Waals surface area contributed by atoms with Crippen molar-refractivity contribution in [3.05, 3.63) is 0 Å². The van der Waals surface area contributed by atoms with Gasteiger partial charge in [-0.15, -0.1) is 0 Å². The fourth-order valence-electron chi connectivity index (χ4n) is 2.00. The molecule has 0 spiro atoms. The van der Waals surface area contributed by atoms with Gasteiger partial charge in [0, 0.05) is 18.6 Å². The Kier molecular flexibility index (Phi) is 3.50. The molecular weight excluding hydrogens is 152 g/mol. The van der Waals surface area contributed by atoms with Gasteiger partial charge in [-0.25, -0.2) is 0 Å². The van der Waals surface area contributed by atoms with Gasteiger partial charge >= 0.3 is 0 Å². The number of hydroxylamine groups is 2. The maximum Gasteiger partial charge on any atom is 0.0575 e. The third-order valence-electron chi connectivity index (χ3n) is 3.12. The lowest BCUT2D eigenvalue weighted by Gasteiger charge is -2.40. The Hall–Kier alpha value is -0.120. The maximum absolute atomic E-state index is 5.27. The van der Waals surface area contributed by atoms with Gasteiger partial charge in [0.1, 0.15) is 0 Å². The molecule has 1 saturated heterocycles. The highest BCUT2D eigenvalue weighted by atomic mass is 16.7. The highest BCUT2D eigenvalue weighted by Crippen LogP contribution is 2.22. The molecule has 0 radical (unpaired) electrons. The Morgan fingerprint density at radius 3 is 2.58 bits per heavy atom. The van der Waals surface area contributed by atoms with Crippen molar-refractivity contribution in [1.82, 2.24) is 10.4 Å². The fraction of sp³-hybridized carbons (Fsp3) is 1.00. The smallest absolute Gasteiger partial charge is 0.0575 e. The summed E-state index contributed by atoms with van der Waals surface area (Å²) in [7, 11) is 3.79. The van der Waals surface area contributed by atoms with E-state index in [-0.39, 0.29) is 0 Å². The van der Waals surface area contributed by atoms with E-state index < -0.39 is 0 Å². The molecule has 0 amide bonds. The van der Waals surface area contributed by atoms with Gasteiger partial charge in [-0.05, 0) is 26.3 Å². The fourth-order valence-corrected chi connectivity index (χ4v) is 2.00. The predicted octanol–water partition coefficient (Wildman–Crippen LogP) is 0.866. The standard InChI is InChI=1S/C9H20N2O/c1-7-8(2)11(12-4)6-5-9(7)10-3/h7-10H,5-6H2,1-4H3. The van der Waals surface area contributed by atoms with E-state index in [9.17, 15) is 0 Å². The molecule has 1 N–H and O–H groups in total. The molecule has 0 aromatic heterocycles. The van der Waals surface area contributed by atoms with Crippen LogP contribution in [-0.4, -0.2) is 37.8 Å². The summed E-state index contributed by atoms with van der Waals surface area (Å²) in [5.41, 5.74) is 0. The minimum Gasteiger partial charge on any atom is -0.317 e. The van der Waals surface area contributed by atoms with E-state index in [2.05, 4.69) is 24.2 Å². The van der Waals surface area contributed by atoms with Crippen molar-refractivity contribution in [2.45, 2.75) is 32.4 Å². The molecule has 3 heteroatoms. The second-order valence-corrected chi connectivity index (χ2v) is 3.61. The van der Waals surface area contributed by atoms with Crippen molar-refractivity contribution < 1.29 is 4.84 Å². The number of nitrogens with zero attached hydrogens (tertiary/aromatic N) is 1. The number of hydrogen-bond donors (Lipinski definition) is 1. The normalized spacial score (nSPS) is 38.5. The first kappa shape index (κ1) is 9.96. The van der Waals surface area contributed by atoms with Crippen LogP contribution in [0.2, 0.25) is 0 Å². The van der Waals surface area contributed by atoms with Gasteiger partial charge in [0.2, 0.25) is 0 Å². The summed E-state index contributed by atoms with van der Waals surface area (Å²) in [5, 5.41) is 5.41. The van der Waals surface area contributed by atoms with Gasteiger partial charge < -0.3 is 10.2 Å². The monoisotopic (exact) mass is 172 g/mol. The number of rotatable bonds is 2. The van der Waals surface area contributed by atoms with Gasteiger partial charge in [-0.1, -0.05) is 6.92 Å². The van der Waals surface area contributed by atoms with E-state index >= 15 is 0 Å². The molecule has 0 saturated carbocycles. The number of piperidine rings is 1. The summed E-state index contributed by atoms with van der Waals surface area (Å²) in [6, 6.07) is 1.16. The lowest BCUT2D eigenvalue weighted by molar-refractivity contribution is -0.186. The summed E-state index contributed by atoms with van der Waals surface area (Å²) in [6.45, 7) is 5.53. The Bertz CT molecular complexity index is 124. The molecule has 1 aliphatic heterocycles. The lowest BCUT2D eigenvalue weighted by Crippen LogP contribution is -2.52. The first-order valence-corrected chi connectivity index (χ1v) is 4.68. The third kappa shape index (κ3) is 1.79. The third-order valence-corrected chi connectivity index (χ3v) is 3.12. The molecule has 1 fully saturated rings. The zero-order chi connectivity index (χ0) is 9.14. The van der Waals surface area contributed by atoms with E-state index in [4.69, 9.17) is 4.84 Å². The maximum atomic E-state index is 5.27. The highest BCUT2D eigenvalue weighted by molar-refractivity contribution is 4.84. The van der Waals surface area contributed by atoms with E-state index in [0.29, 0.717) is 18.0 Å². The molecule has 12 heavy (non-hydrogen) atoms. The van der Waals surface area contributed by atoms with Gasteiger partial charge in [-0.3, -0.25) is 0 Å². The quantitative estimate of drug-likeness (QED) is 0.669. The SMILES string of the molecule is CNC1CCN(OC)C(C)C1C. The van der Waals surface area contributed by atoms with E-state index in [1.54, 1.807) is 7.11 Å². The molecule has 0 aromatic rings. The molecule has 1 rings (SSSR count). The molecule has 0 aromatic carbocycles. The van der Waals surface area contributed by atoms with Crippen LogP contribution in [0.25, 0.3) is 0 Å². The van der Waals surface area contributed by atoms with Crippen molar-refractivity contribution in [1.29, 1.82) is 0 Å². The van der Waals surface area contributed by atoms with Crippen LogP contribution in [0.5, 0.6) is 0 Å². The minimum absolute atomic E-state index is 0.515. The van der Waals surface area contributed by atoms with Crippen LogP contribution in [0.1, 0.15) is 20.3 Å². The highest BCUT2D eigenvalue weighted by Gasteiger charge is 2.31. The molecule has 1 heterocycles. The van der Waals surface area contributed by atoms with Crippen molar-refractivity contribution >= 4 is 0 Å². The van der Waals surface area contributed by atoms with E-state index in [1.807, 2.05) is 7.05 Å². The Balaban J connectivity index is 2.52. The molecule has 3 nitrogen and oxygen atoms in total. The second kappa shape index (κ2) is 4.21. The Labute approximate surface area is 75.0 Å². The van der Waals surface area contributed by atoms with E-state index in [0.717, 1.165) is 6.54 Å². The zero-order valence-corrected chi connectivity index (χ0v) is 8.50. The molecule has 0 bridgehead atoms. The molecule has 0 aliphatic carbocycles. The Morgan fingerprint density at radius 1 is 1.42 bits per heavy atom. The number of hydrogen-bond acceptors (Lipinski definition) is 3. The van der Waals surface area contributed by atoms with Crippen LogP contribution in [0.4, 0.5) is 0 Å². The van der Waals surface area contributed by atoms with Crippen molar-refractivity contribution in [3.8, 4) is 0 Å². The molecule has 3 unspecified atom stereocenters. The van der Waals surface area contributed by atoms with Crippen LogP contribution in [0.15, 0.2) is 0 Å². The minimum atomic E-state index is 0.515. The lowest BCUT2D eigenvalue weighted by atomic mass is 9.88. The average Bonchev–Trinajstić information content (AvgIpc) is 2.10. The predicted molar refractivity (Wildman–Crippen MR) is 49.8 cm³/mol. The topological polar surface area (TPSA) is 24.5 Å². The average molecular weight is 172 g/mol. The van der Waals surface area contributed by atoms with Crippen molar-refractivity contribution in [2.75, 3.05) is 20.7 Å². The van der Waals surface area contributed by atoms with Gasteiger partial charge in [0.25, 0.3) is 0 Å². The van der Waals surface area contributed by atoms with Gasteiger partial charge in [-0.2, -0.15) is 5.06 Å². The van der Waals surface area contributed by atoms with E-state index in [1.165, 1.54) is 6.42 Å². The van der Waals surface area contributed by atoms with Crippen LogP contribution >= 0.6 is 0 Å². The molecular formula is C9H20N2O. The van der Waals surface area contributed by atoms with Crippen LogP contribution < -0.4 is 5.32 Å².